The predicted molar refractivity (Wildman–Crippen MR) is 36.5 cm³/mol. The van der Waals surface area contributed by atoms with Crippen LogP contribution < -0.4 is 0 Å². The number of halogens is 1. The quantitative estimate of drug-likeness (QED) is 0.336. The van der Waals surface area contributed by atoms with Gasteiger partial charge in [0.1, 0.15) is 0 Å². The third-order valence-electron chi connectivity index (χ3n) is 0.940. The van der Waals surface area contributed by atoms with Crippen molar-refractivity contribution in [1.82, 2.24) is 0 Å². The average molecular weight is 149 g/mol. The molecule has 0 unspecified atom stereocenters. The zero-order chi connectivity index (χ0) is 7.28. The number of allylic oxidation sites excluding steroid dienone is 1. The third-order valence-corrected chi connectivity index (χ3v) is 1.23. The molecule has 0 radical (unpaired) electrons. The monoisotopic (exact) mass is 148 g/mol. The van der Waals surface area contributed by atoms with Crippen molar-refractivity contribution in [2.45, 2.75) is 6.92 Å². The molecule has 0 aromatic carbocycles. The fourth-order valence-electron chi connectivity index (χ4n) is 0.381. The van der Waals surface area contributed by atoms with E-state index in [9.17, 15) is 4.79 Å². The maximum Gasteiger partial charge on any atom is 0.334 e. The number of methoxy groups -OCH3 is 1. The molecule has 0 aromatic heterocycles. The number of hydrogen-bond donors (Lipinski definition) is 0. The highest BCUT2D eigenvalue weighted by Crippen LogP contribution is 1.98. The molecule has 0 rings (SSSR count). The number of carbonyl (C=O) groups excluding carboxylic acids is 1. The molecule has 0 aromatic rings. The van der Waals surface area contributed by atoms with E-state index in [4.69, 9.17) is 11.6 Å². The number of rotatable bonds is 2. The van der Waals surface area contributed by atoms with Crippen molar-refractivity contribution in [3.8, 4) is 0 Å². The van der Waals surface area contributed by atoms with Crippen molar-refractivity contribution >= 4 is 17.6 Å². The molecule has 0 saturated heterocycles. The lowest BCUT2D eigenvalue weighted by molar-refractivity contribution is -0.135. The zero-order valence-corrected chi connectivity index (χ0v) is 6.23. The van der Waals surface area contributed by atoms with Gasteiger partial charge in [0.2, 0.25) is 0 Å². The lowest BCUT2D eigenvalue weighted by Crippen LogP contribution is -2.05. The van der Waals surface area contributed by atoms with Crippen LogP contribution in [0.3, 0.4) is 0 Å². The maximum atomic E-state index is 10.6. The van der Waals surface area contributed by atoms with Gasteiger partial charge in [0.25, 0.3) is 0 Å². The summed E-state index contributed by atoms with van der Waals surface area (Å²) in [6, 6.07) is 0. The summed E-state index contributed by atoms with van der Waals surface area (Å²) in [7, 11) is 1.33. The molecule has 0 N–H and O–H groups in total. The van der Waals surface area contributed by atoms with Gasteiger partial charge in [0.15, 0.2) is 0 Å². The highest BCUT2D eigenvalue weighted by Gasteiger charge is 2.04. The first-order chi connectivity index (χ1) is 4.26. The van der Waals surface area contributed by atoms with E-state index in [2.05, 4.69) is 4.74 Å². The first-order valence-corrected chi connectivity index (χ1v) is 3.09. The molecular weight excluding hydrogens is 140 g/mol. The molecule has 0 atom stereocenters. The van der Waals surface area contributed by atoms with Gasteiger partial charge in [-0.05, 0) is 6.92 Å². The van der Waals surface area contributed by atoms with Crippen molar-refractivity contribution in [2.24, 2.45) is 0 Å². The molecule has 0 heterocycles. The second-order valence-electron chi connectivity index (χ2n) is 1.44. The van der Waals surface area contributed by atoms with Gasteiger partial charge in [-0.1, -0.05) is 6.08 Å². The molecule has 2 nitrogen and oxygen atoms in total. The maximum absolute atomic E-state index is 10.6. The molecule has 0 amide bonds. The summed E-state index contributed by atoms with van der Waals surface area (Å²) in [6.45, 7) is 1.74. The molecule has 9 heavy (non-hydrogen) atoms. The molecule has 0 bridgehead atoms. The molecule has 0 aliphatic carbocycles. The lowest BCUT2D eigenvalue weighted by Gasteiger charge is -1.97. The SMILES string of the molecule is C/C=C(/CCl)C(=O)OC. The van der Waals surface area contributed by atoms with Gasteiger partial charge in [0, 0.05) is 5.57 Å². The van der Waals surface area contributed by atoms with Crippen LogP contribution >= 0.6 is 11.6 Å². The minimum absolute atomic E-state index is 0.211. The summed E-state index contributed by atoms with van der Waals surface area (Å²) in [5.41, 5.74) is 0.499. The summed E-state index contributed by atoms with van der Waals surface area (Å²) >= 11 is 5.37. The number of hydrogen-bond acceptors (Lipinski definition) is 2. The van der Waals surface area contributed by atoms with E-state index >= 15 is 0 Å². The highest BCUT2D eigenvalue weighted by molar-refractivity contribution is 6.22. The smallest absolute Gasteiger partial charge is 0.334 e. The summed E-state index contributed by atoms with van der Waals surface area (Å²) in [4.78, 5) is 10.6. The van der Waals surface area contributed by atoms with Crippen LogP contribution in [0.15, 0.2) is 11.6 Å². The van der Waals surface area contributed by atoms with Gasteiger partial charge >= 0.3 is 5.97 Å². The predicted octanol–water partition coefficient (Wildman–Crippen LogP) is 1.34. The van der Waals surface area contributed by atoms with Crippen LogP contribution in [0.5, 0.6) is 0 Å². The number of alkyl halides is 1. The van der Waals surface area contributed by atoms with Crippen molar-refractivity contribution in [3.05, 3.63) is 11.6 Å². The van der Waals surface area contributed by atoms with E-state index in [0.29, 0.717) is 5.57 Å². The van der Waals surface area contributed by atoms with Crippen LogP contribution in [-0.4, -0.2) is 19.0 Å². The Balaban J connectivity index is 3.97. The van der Waals surface area contributed by atoms with Crippen molar-refractivity contribution in [2.75, 3.05) is 13.0 Å². The van der Waals surface area contributed by atoms with Gasteiger partial charge in [-0.3, -0.25) is 0 Å². The fraction of sp³-hybridized carbons (Fsp3) is 0.500. The molecule has 0 aliphatic rings. The Bertz CT molecular complexity index is 129. The second kappa shape index (κ2) is 4.39. The molecule has 0 aliphatic heterocycles. The standard InChI is InChI=1S/C6H9ClO2/c1-3-5(4-7)6(8)9-2/h3H,4H2,1-2H3/b5-3-. The minimum Gasteiger partial charge on any atom is -0.466 e. The summed E-state index contributed by atoms with van der Waals surface area (Å²) < 4.78 is 4.40. The van der Waals surface area contributed by atoms with E-state index in [1.54, 1.807) is 13.0 Å². The van der Waals surface area contributed by atoms with Gasteiger partial charge in [-0.15, -0.1) is 11.6 Å². The Kier molecular flexibility index (Phi) is 4.14. The van der Waals surface area contributed by atoms with Gasteiger partial charge in [-0.2, -0.15) is 0 Å². The van der Waals surface area contributed by atoms with Crippen LogP contribution in [0.4, 0.5) is 0 Å². The fourth-order valence-corrected chi connectivity index (χ4v) is 0.644. The van der Waals surface area contributed by atoms with Crippen molar-refractivity contribution in [3.63, 3.8) is 0 Å². The first kappa shape index (κ1) is 8.50. The van der Waals surface area contributed by atoms with Crippen molar-refractivity contribution in [1.29, 1.82) is 0 Å². The van der Waals surface area contributed by atoms with E-state index in [-0.39, 0.29) is 11.8 Å². The molecule has 3 heteroatoms. The number of esters is 1. The highest BCUT2D eigenvalue weighted by atomic mass is 35.5. The van der Waals surface area contributed by atoms with Crippen molar-refractivity contribution < 1.29 is 9.53 Å². The van der Waals surface area contributed by atoms with Gasteiger partial charge in [-0.25, -0.2) is 4.79 Å². The minimum atomic E-state index is -0.354. The average Bonchev–Trinajstić information content (AvgIpc) is 1.90. The third kappa shape index (κ3) is 2.51. The van der Waals surface area contributed by atoms with Crippen LogP contribution in [0.1, 0.15) is 6.92 Å². The van der Waals surface area contributed by atoms with E-state index in [1.807, 2.05) is 0 Å². The number of ether oxygens (including phenoxy) is 1. The summed E-state index contributed by atoms with van der Waals surface area (Å²) in [5.74, 6) is -0.143. The summed E-state index contributed by atoms with van der Waals surface area (Å²) in [6.07, 6.45) is 1.64. The Morgan fingerprint density at radius 2 is 2.33 bits per heavy atom. The van der Waals surface area contributed by atoms with Crippen LogP contribution in [0.2, 0.25) is 0 Å². The lowest BCUT2D eigenvalue weighted by atomic mass is 10.3. The molecule has 0 spiro atoms. The first-order valence-electron chi connectivity index (χ1n) is 2.55. The zero-order valence-electron chi connectivity index (χ0n) is 5.48. The van der Waals surface area contributed by atoms with E-state index in [0.717, 1.165) is 0 Å². The topological polar surface area (TPSA) is 26.3 Å². The summed E-state index contributed by atoms with van der Waals surface area (Å²) in [5, 5.41) is 0. The van der Waals surface area contributed by atoms with E-state index in [1.165, 1.54) is 7.11 Å². The van der Waals surface area contributed by atoms with E-state index < -0.39 is 0 Å². The largest absolute Gasteiger partial charge is 0.466 e. The number of carbonyl (C=O) groups is 1. The molecule has 52 valence electrons. The second-order valence-corrected chi connectivity index (χ2v) is 1.71. The Morgan fingerprint density at radius 3 is 2.44 bits per heavy atom. The van der Waals surface area contributed by atoms with Gasteiger partial charge < -0.3 is 4.74 Å². The molecule has 0 fully saturated rings. The van der Waals surface area contributed by atoms with Crippen LogP contribution in [-0.2, 0) is 9.53 Å². The Hall–Kier alpha value is -0.500. The van der Waals surface area contributed by atoms with Crippen LogP contribution in [0.25, 0.3) is 0 Å². The van der Waals surface area contributed by atoms with Gasteiger partial charge in [0.05, 0.1) is 13.0 Å². The Labute approximate surface area is 59.5 Å². The Morgan fingerprint density at radius 1 is 1.78 bits per heavy atom. The normalized spacial score (nSPS) is 11.2. The molecular formula is C6H9ClO2. The molecule has 0 saturated carbocycles. The van der Waals surface area contributed by atoms with Crippen LogP contribution in [0, 0.1) is 0 Å².